The monoisotopic (exact) mass is 1340 g/mol. The molecule has 0 saturated heterocycles. The Morgan fingerprint density at radius 3 is 0.924 bits per heavy atom. The van der Waals surface area contributed by atoms with Crippen LogP contribution in [0.2, 0.25) is 0 Å². The number of aliphatic hydroxyl groups is 1. The average Bonchev–Trinajstić information content (AvgIpc) is 2.31. The molecule has 19 heteroatoms. The number of rotatable bonds is 69. The van der Waals surface area contributed by atoms with Crippen molar-refractivity contribution in [1.82, 2.24) is 0 Å². The van der Waals surface area contributed by atoms with Gasteiger partial charge in [0.05, 0.1) is 26.4 Å². The van der Waals surface area contributed by atoms with E-state index in [9.17, 15) is 43.2 Å². The van der Waals surface area contributed by atoms with Crippen molar-refractivity contribution >= 4 is 39.5 Å². The van der Waals surface area contributed by atoms with E-state index in [1.807, 2.05) is 0 Å². The Bertz CT molecular complexity index is 1990. The molecule has 3 N–H and O–H groups in total. The van der Waals surface area contributed by atoms with Crippen LogP contribution < -0.4 is 0 Å². The van der Waals surface area contributed by atoms with E-state index in [-0.39, 0.29) is 25.7 Å². The summed E-state index contributed by atoms with van der Waals surface area (Å²) in [5.74, 6) is -2.18. The van der Waals surface area contributed by atoms with Crippen molar-refractivity contribution in [1.29, 1.82) is 0 Å². The zero-order valence-electron chi connectivity index (χ0n) is 58.2. The van der Waals surface area contributed by atoms with Crippen LogP contribution in [0.4, 0.5) is 0 Å². The fourth-order valence-electron chi connectivity index (χ4n) is 9.86. The Balaban J connectivity index is 5.27. The molecule has 0 spiro atoms. The van der Waals surface area contributed by atoms with Crippen LogP contribution in [0.3, 0.4) is 0 Å². The number of hydrogen-bond acceptors (Lipinski definition) is 15. The van der Waals surface area contributed by atoms with Crippen LogP contribution in [0.25, 0.3) is 0 Å². The van der Waals surface area contributed by atoms with Crippen molar-refractivity contribution in [2.24, 2.45) is 0 Å². The number of phosphoric ester groups is 2. The molecule has 0 saturated carbocycles. The van der Waals surface area contributed by atoms with Crippen molar-refractivity contribution in [3.63, 3.8) is 0 Å². The lowest BCUT2D eigenvalue weighted by Gasteiger charge is -2.21. The van der Waals surface area contributed by atoms with Gasteiger partial charge in [-0.05, 0) is 103 Å². The third-order valence-corrected chi connectivity index (χ3v) is 17.4. The zero-order chi connectivity index (χ0) is 67.5. The second-order valence-corrected chi connectivity index (χ2v) is 27.4. The SMILES string of the molecule is CC/C=C\C/C=C\C/C=C\CCCCCCCCCC(=O)OCC(COP(=O)(O)OCC(O)COP(=O)(O)OCC(COC(=O)CCCCCCC/C=C\CCCCCC)OC(=O)CCCCCCCCCCCCC)OC(=O)CCCCCCC/C=C\CCCC. The number of carbonyl (C=O) groups excluding carboxylic acids is 4. The van der Waals surface area contributed by atoms with E-state index in [4.69, 9.17) is 37.0 Å². The van der Waals surface area contributed by atoms with Gasteiger partial charge in [-0.15, -0.1) is 0 Å². The van der Waals surface area contributed by atoms with E-state index in [2.05, 4.69) is 88.5 Å². The number of hydrogen-bond donors (Lipinski definition) is 3. The number of phosphoric acid groups is 2. The summed E-state index contributed by atoms with van der Waals surface area (Å²) in [5, 5.41) is 10.6. The van der Waals surface area contributed by atoms with Crippen molar-refractivity contribution in [2.45, 2.75) is 341 Å². The molecule has 0 heterocycles. The predicted octanol–water partition coefficient (Wildman–Crippen LogP) is 20.3. The minimum atomic E-state index is -4.97. The van der Waals surface area contributed by atoms with Gasteiger partial charge in [0.15, 0.2) is 12.2 Å². The lowest BCUT2D eigenvalue weighted by Crippen LogP contribution is -2.30. The minimum Gasteiger partial charge on any atom is -0.462 e. The van der Waals surface area contributed by atoms with E-state index < -0.39 is 97.5 Å². The molecule has 0 radical (unpaired) electrons. The first kappa shape index (κ1) is 88.8. The molecule has 0 aliphatic rings. The van der Waals surface area contributed by atoms with Crippen LogP contribution in [0, 0.1) is 0 Å². The van der Waals surface area contributed by atoms with E-state index in [1.54, 1.807) is 0 Å². The van der Waals surface area contributed by atoms with Crippen LogP contribution in [0.1, 0.15) is 323 Å². The van der Waals surface area contributed by atoms with Gasteiger partial charge in [0.25, 0.3) is 0 Å². The fourth-order valence-corrected chi connectivity index (χ4v) is 11.4. The van der Waals surface area contributed by atoms with Crippen molar-refractivity contribution in [2.75, 3.05) is 39.6 Å². The van der Waals surface area contributed by atoms with Gasteiger partial charge in [-0.1, -0.05) is 255 Å². The predicted molar refractivity (Wildman–Crippen MR) is 372 cm³/mol. The van der Waals surface area contributed by atoms with Crippen LogP contribution in [-0.2, 0) is 65.4 Å². The molecular formula is C73H132O17P2. The molecule has 0 aromatic heterocycles. The van der Waals surface area contributed by atoms with E-state index in [1.165, 1.54) is 77.0 Å². The maximum absolute atomic E-state index is 13.0. The summed E-state index contributed by atoms with van der Waals surface area (Å²) in [6.07, 6.45) is 62.3. The highest BCUT2D eigenvalue weighted by atomic mass is 31.2. The Kier molecular flexibility index (Phi) is 64.0. The van der Waals surface area contributed by atoms with Crippen molar-refractivity contribution in [3.05, 3.63) is 60.8 Å². The molecule has 0 bridgehead atoms. The minimum absolute atomic E-state index is 0.0853. The summed E-state index contributed by atoms with van der Waals surface area (Å²) in [4.78, 5) is 72.6. The normalized spacial score (nSPS) is 14.4. The van der Waals surface area contributed by atoms with Crippen LogP contribution in [0.5, 0.6) is 0 Å². The van der Waals surface area contributed by atoms with Gasteiger partial charge < -0.3 is 33.8 Å². The van der Waals surface area contributed by atoms with Crippen LogP contribution in [0.15, 0.2) is 60.8 Å². The van der Waals surface area contributed by atoms with Crippen molar-refractivity contribution < 1.29 is 80.2 Å². The van der Waals surface area contributed by atoms with E-state index in [0.29, 0.717) is 25.7 Å². The lowest BCUT2D eigenvalue weighted by molar-refractivity contribution is -0.161. The fraction of sp³-hybridized carbons (Fsp3) is 0.808. The average molecular weight is 1340 g/mol. The standard InChI is InChI=1S/C73H132O17P2/c1-5-9-13-17-21-25-29-31-32-33-34-36-40-42-46-50-54-58-71(76)84-64-69(90-73(78)60-56-52-48-44-38-28-24-20-16-12-8-4)66-88-92(81,82)86-62-67(74)61-85-91(79,80)87-65-68(89-72(77)59-55-51-47-43-37-27-23-19-15-11-7-3)63-83-70(75)57-53-49-45-41-39-35-30-26-22-18-14-10-6-2/h9,13,20-21,24-26,30-32,67-69,74H,5-8,10-12,14-19,22-23,27-29,33-66H2,1-4H3,(H,79,80)(H,81,82)/b13-9-,24-20-,25-21-,30-26-,32-31-. The molecule has 17 nitrogen and oxygen atoms in total. The van der Waals surface area contributed by atoms with Crippen LogP contribution >= 0.6 is 15.6 Å². The first-order valence-corrected chi connectivity index (χ1v) is 39.5. The summed E-state index contributed by atoms with van der Waals surface area (Å²) in [6, 6.07) is 0. The summed E-state index contributed by atoms with van der Waals surface area (Å²) in [6.45, 7) is 4.70. The highest BCUT2D eigenvalue weighted by Crippen LogP contribution is 2.45. The van der Waals surface area contributed by atoms with E-state index >= 15 is 0 Å². The Morgan fingerprint density at radius 2 is 0.576 bits per heavy atom. The Morgan fingerprint density at radius 1 is 0.315 bits per heavy atom. The number of aliphatic hydroxyl groups excluding tert-OH is 1. The molecular weight excluding hydrogens is 1210 g/mol. The third kappa shape index (κ3) is 65.4. The molecule has 536 valence electrons. The van der Waals surface area contributed by atoms with Gasteiger partial charge in [0.2, 0.25) is 0 Å². The Labute approximate surface area is 559 Å². The molecule has 0 aliphatic carbocycles. The van der Waals surface area contributed by atoms with Crippen molar-refractivity contribution in [3.8, 4) is 0 Å². The molecule has 0 fully saturated rings. The highest BCUT2D eigenvalue weighted by Gasteiger charge is 2.30. The summed E-state index contributed by atoms with van der Waals surface area (Å²) >= 11 is 0. The molecule has 0 aromatic carbocycles. The molecule has 5 unspecified atom stereocenters. The van der Waals surface area contributed by atoms with Gasteiger partial charge >= 0.3 is 39.5 Å². The smallest absolute Gasteiger partial charge is 0.462 e. The molecule has 92 heavy (non-hydrogen) atoms. The number of esters is 4. The zero-order valence-corrected chi connectivity index (χ0v) is 60.0. The number of ether oxygens (including phenoxy) is 4. The van der Waals surface area contributed by atoms with Gasteiger partial charge in [-0.2, -0.15) is 0 Å². The number of allylic oxidation sites excluding steroid dienone is 10. The molecule has 0 amide bonds. The number of carbonyl (C=O) groups is 4. The quantitative estimate of drug-likeness (QED) is 0.0169. The molecule has 0 aromatic rings. The van der Waals surface area contributed by atoms with Gasteiger partial charge in [-0.25, -0.2) is 9.13 Å². The molecule has 5 atom stereocenters. The second kappa shape index (κ2) is 66.4. The molecule has 0 rings (SSSR count). The summed E-state index contributed by atoms with van der Waals surface area (Å²) in [5.41, 5.74) is 0. The maximum Gasteiger partial charge on any atom is 0.472 e. The maximum atomic E-state index is 13.0. The third-order valence-electron chi connectivity index (χ3n) is 15.5. The summed E-state index contributed by atoms with van der Waals surface area (Å²) in [7, 11) is -9.93. The van der Waals surface area contributed by atoms with Crippen LogP contribution in [-0.4, -0.2) is 96.7 Å². The highest BCUT2D eigenvalue weighted by molar-refractivity contribution is 7.47. The first-order chi connectivity index (χ1) is 44.7. The molecule has 0 aliphatic heterocycles. The largest absolute Gasteiger partial charge is 0.472 e. The van der Waals surface area contributed by atoms with Gasteiger partial charge in [-0.3, -0.25) is 37.3 Å². The summed E-state index contributed by atoms with van der Waals surface area (Å²) < 4.78 is 68.3. The first-order valence-electron chi connectivity index (χ1n) is 36.5. The lowest BCUT2D eigenvalue weighted by atomic mass is 10.1. The Hall–Kier alpha value is -3.24. The second-order valence-electron chi connectivity index (χ2n) is 24.5. The van der Waals surface area contributed by atoms with Gasteiger partial charge in [0, 0.05) is 25.7 Å². The number of unbranched alkanes of at least 4 members (excludes halogenated alkanes) is 33. The topological polar surface area (TPSA) is 237 Å². The van der Waals surface area contributed by atoms with E-state index in [0.717, 1.165) is 167 Å². The van der Waals surface area contributed by atoms with Gasteiger partial charge in [0.1, 0.15) is 19.3 Å².